The summed E-state index contributed by atoms with van der Waals surface area (Å²) in [5.41, 5.74) is 12.7. The molecule has 2 aromatic heterocycles. The van der Waals surface area contributed by atoms with Crippen molar-refractivity contribution < 1.29 is 8.85 Å². The van der Waals surface area contributed by atoms with Crippen LogP contribution in [0.5, 0.6) is 11.5 Å². The van der Waals surface area contributed by atoms with E-state index < -0.39 is 6.98 Å². The first kappa shape index (κ1) is 34.6. The van der Waals surface area contributed by atoms with Crippen LogP contribution in [0.25, 0.3) is 65.9 Å². The molecule has 3 heterocycles. The average Bonchev–Trinajstić information content (AvgIpc) is 4.01. The van der Waals surface area contributed by atoms with Crippen LogP contribution in [0.2, 0.25) is 0 Å². The SMILES string of the molecule is [2H]C([2H])([2H])n1c(-n2c3ccccc3c3ccc(Oc4cc([N+]#[C-])cc(N5CN(c6c(-c7ccccc7)cc(C(C)(C)C)cc6-c6ccccc6)c6ccccc65)c4)cc32)nc2ccccc21. The molecule has 0 saturated heterocycles. The third-order valence-electron chi connectivity index (χ3n) is 12.1. The number of rotatable bonds is 7. The third kappa shape index (κ3) is 6.47. The van der Waals surface area contributed by atoms with Crippen molar-refractivity contribution in [3.63, 3.8) is 0 Å². The number of fused-ring (bicyclic) bond motifs is 5. The van der Waals surface area contributed by atoms with Crippen LogP contribution in [0.1, 0.15) is 30.4 Å². The Hall–Kier alpha value is -8.08. The smallest absolute Gasteiger partial charge is 0.215 e. The molecule has 0 radical (unpaired) electrons. The summed E-state index contributed by atoms with van der Waals surface area (Å²) in [5, 5.41) is 1.88. The molecule has 7 heteroatoms. The summed E-state index contributed by atoms with van der Waals surface area (Å²) in [4.78, 5) is 13.5. The van der Waals surface area contributed by atoms with Gasteiger partial charge in [-0.3, -0.25) is 4.57 Å². The van der Waals surface area contributed by atoms with E-state index in [2.05, 4.69) is 132 Å². The number of benzene rings is 8. The Morgan fingerprint density at radius 3 is 1.90 bits per heavy atom. The predicted octanol–water partition coefficient (Wildman–Crippen LogP) is 14.9. The van der Waals surface area contributed by atoms with Crippen LogP contribution in [0.3, 0.4) is 0 Å². The summed E-state index contributed by atoms with van der Waals surface area (Å²) >= 11 is 0. The van der Waals surface area contributed by atoms with Gasteiger partial charge >= 0.3 is 0 Å². The zero-order valence-electron chi connectivity index (χ0n) is 38.1. The van der Waals surface area contributed by atoms with E-state index in [9.17, 15) is 0 Å². The fraction of sp³-hybridized carbons (Fsp3) is 0.107. The standard InChI is InChI=1S/C56H44N6O/c1-56(2,3)39-30-46(37-18-8-6-9-19-37)54(47(31-39)38-20-10-7-11-21-38)61-36-60(51-26-16-17-27-52(51)61)41-32-40(57-4)33-43(34-41)63-42-28-29-45-44-22-12-14-24-49(44)62(53(45)35-42)55-58-48-23-13-15-25-50(48)59(55)5/h6-35H,36H2,1-3,5H3/i5D3. The maximum absolute atomic E-state index is 8.58. The molecule has 0 atom stereocenters. The van der Waals surface area contributed by atoms with Crippen molar-refractivity contribution >= 4 is 61.3 Å². The number of hydrogen-bond acceptors (Lipinski definition) is 4. The maximum Gasteiger partial charge on any atom is 0.215 e. The van der Waals surface area contributed by atoms with E-state index in [0.717, 1.165) is 66.8 Å². The lowest BCUT2D eigenvalue weighted by atomic mass is 9.82. The summed E-state index contributed by atoms with van der Waals surface area (Å²) in [6.45, 7) is 13.0. The number of anilines is 4. The molecule has 11 rings (SSSR count). The lowest BCUT2D eigenvalue weighted by Crippen LogP contribution is -2.25. The minimum absolute atomic E-state index is 0.104. The molecule has 0 spiro atoms. The van der Waals surface area contributed by atoms with E-state index in [0.29, 0.717) is 34.9 Å². The van der Waals surface area contributed by atoms with Crippen molar-refractivity contribution in [2.45, 2.75) is 26.2 Å². The lowest BCUT2D eigenvalue weighted by Gasteiger charge is -2.30. The minimum atomic E-state index is -2.50. The molecular weight excluding hydrogens is 773 g/mol. The van der Waals surface area contributed by atoms with Gasteiger partial charge in [0.05, 0.1) is 45.7 Å². The Kier molecular flexibility index (Phi) is 8.15. The highest BCUT2D eigenvalue weighted by molar-refractivity contribution is 6.09. The second-order valence-electron chi connectivity index (χ2n) is 17.1. The van der Waals surface area contributed by atoms with E-state index in [1.54, 1.807) is 12.1 Å². The number of ether oxygens (including phenoxy) is 1. The van der Waals surface area contributed by atoms with Crippen LogP contribution >= 0.6 is 0 Å². The van der Waals surface area contributed by atoms with E-state index in [1.165, 1.54) is 10.1 Å². The van der Waals surface area contributed by atoms with E-state index >= 15 is 0 Å². The van der Waals surface area contributed by atoms with Gasteiger partial charge in [0, 0.05) is 50.8 Å². The Morgan fingerprint density at radius 1 is 0.603 bits per heavy atom. The third-order valence-corrected chi connectivity index (χ3v) is 12.1. The molecule has 0 fully saturated rings. The number of aryl methyl sites for hydroxylation is 1. The molecule has 8 aromatic carbocycles. The zero-order chi connectivity index (χ0) is 45.3. The fourth-order valence-electron chi connectivity index (χ4n) is 9.04. The number of hydrogen-bond donors (Lipinski definition) is 0. The van der Waals surface area contributed by atoms with Crippen LogP contribution < -0.4 is 14.5 Å². The molecule has 0 amide bonds. The van der Waals surface area contributed by atoms with Gasteiger partial charge in [-0.05, 0) is 88.8 Å². The van der Waals surface area contributed by atoms with Gasteiger partial charge < -0.3 is 19.1 Å². The number of para-hydroxylation sites is 5. The van der Waals surface area contributed by atoms with Crippen molar-refractivity contribution in [3.8, 4) is 39.7 Å². The molecule has 0 N–H and O–H groups in total. The van der Waals surface area contributed by atoms with Crippen LogP contribution in [-0.4, -0.2) is 20.8 Å². The number of aromatic nitrogens is 3. The van der Waals surface area contributed by atoms with Gasteiger partial charge in [0.15, 0.2) is 5.69 Å². The van der Waals surface area contributed by atoms with Crippen molar-refractivity contribution in [1.29, 1.82) is 0 Å². The minimum Gasteiger partial charge on any atom is -0.459 e. The topological polar surface area (TPSA) is 42.8 Å². The first-order valence-corrected chi connectivity index (χ1v) is 21.1. The highest BCUT2D eigenvalue weighted by Crippen LogP contribution is 2.52. The molecule has 63 heavy (non-hydrogen) atoms. The molecule has 0 bridgehead atoms. The second kappa shape index (κ2) is 14.8. The van der Waals surface area contributed by atoms with Gasteiger partial charge in [-0.15, -0.1) is 0 Å². The summed E-state index contributed by atoms with van der Waals surface area (Å²) in [7, 11) is 0. The van der Waals surface area contributed by atoms with E-state index in [-0.39, 0.29) is 11.4 Å². The van der Waals surface area contributed by atoms with Crippen LogP contribution in [0.4, 0.5) is 28.4 Å². The van der Waals surface area contributed by atoms with Crippen LogP contribution in [0, 0.1) is 6.57 Å². The first-order valence-electron chi connectivity index (χ1n) is 22.6. The van der Waals surface area contributed by atoms with Gasteiger partial charge in [0.1, 0.15) is 18.2 Å². The van der Waals surface area contributed by atoms with Gasteiger partial charge in [0.25, 0.3) is 0 Å². The van der Waals surface area contributed by atoms with Crippen LogP contribution in [-0.2, 0) is 12.4 Å². The molecule has 0 saturated carbocycles. The zero-order valence-corrected chi connectivity index (χ0v) is 35.1. The molecule has 0 unspecified atom stereocenters. The molecule has 1 aliphatic rings. The quantitative estimate of drug-likeness (QED) is 0.150. The number of nitrogens with zero attached hydrogens (tertiary/aromatic N) is 6. The van der Waals surface area contributed by atoms with E-state index in [4.69, 9.17) is 20.4 Å². The van der Waals surface area contributed by atoms with E-state index in [1.807, 2.05) is 77.4 Å². The molecule has 1 aliphatic heterocycles. The van der Waals surface area contributed by atoms with Gasteiger partial charge in [0.2, 0.25) is 5.95 Å². The van der Waals surface area contributed by atoms with Crippen molar-refractivity contribution in [2.24, 2.45) is 6.98 Å². The average molecular weight is 820 g/mol. The molecule has 0 aliphatic carbocycles. The molecule has 10 aromatic rings. The van der Waals surface area contributed by atoms with Gasteiger partial charge in [-0.2, -0.15) is 0 Å². The summed E-state index contributed by atoms with van der Waals surface area (Å²) in [5.74, 6) is 1.31. The van der Waals surface area contributed by atoms with Crippen LogP contribution in [0.15, 0.2) is 182 Å². The summed E-state index contributed by atoms with van der Waals surface area (Å²) in [6.07, 6.45) is 0. The normalized spacial score (nSPS) is 13.5. The first-order chi connectivity index (χ1) is 31.9. The summed E-state index contributed by atoms with van der Waals surface area (Å²) < 4.78 is 35.7. The highest BCUT2D eigenvalue weighted by atomic mass is 16.5. The lowest BCUT2D eigenvalue weighted by molar-refractivity contribution is 0.483. The Bertz CT molecular complexity index is 3480. The Morgan fingerprint density at radius 2 is 1.22 bits per heavy atom. The Labute approximate surface area is 371 Å². The second-order valence-corrected chi connectivity index (χ2v) is 17.1. The fourth-order valence-corrected chi connectivity index (χ4v) is 9.04. The highest BCUT2D eigenvalue weighted by Gasteiger charge is 2.33. The van der Waals surface area contributed by atoms with Crippen molar-refractivity contribution in [1.82, 2.24) is 14.1 Å². The molecular formula is C56H44N6O. The molecule has 7 nitrogen and oxygen atoms in total. The Balaban J connectivity index is 1.03. The van der Waals surface area contributed by atoms with Gasteiger partial charge in [-0.25, -0.2) is 9.83 Å². The monoisotopic (exact) mass is 819 g/mol. The maximum atomic E-state index is 8.58. The molecule has 304 valence electrons. The predicted molar refractivity (Wildman–Crippen MR) is 259 cm³/mol. The summed E-state index contributed by atoms with van der Waals surface area (Å²) in [6, 6.07) is 61.1. The van der Waals surface area contributed by atoms with Crippen molar-refractivity contribution in [2.75, 3.05) is 16.5 Å². The number of imidazole rings is 1. The van der Waals surface area contributed by atoms with Gasteiger partial charge in [-0.1, -0.05) is 124 Å². The largest absolute Gasteiger partial charge is 0.459 e. The van der Waals surface area contributed by atoms with Crippen molar-refractivity contribution in [3.05, 3.63) is 199 Å².